The maximum absolute atomic E-state index is 3.98. The Morgan fingerprint density at radius 1 is 0.840 bits per heavy atom. The highest BCUT2D eigenvalue weighted by Crippen LogP contribution is 2.40. The zero-order valence-corrected chi connectivity index (χ0v) is 17.0. The molecule has 0 nitrogen and oxygen atoms in total. The maximum Gasteiger partial charge on any atom is 0.0174 e. The fourth-order valence-corrected chi connectivity index (χ4v) is 5.07. The van der Waals surface area contributed by atoms with Gasteiger partial charge in [-0.2, -0.15) is 0 Å². The largest absolute Gasteiger partial charge is 0.0888 e. The molecule has 2 aromatic carbocycles. The Morgan fingerprint density at radius 2 is 1.48 bits per heavy atom. The molecular formula is C24H31Br. The van der Waals surface area contributed by atoms with E-state index in [0.717, 1.165) is 16.7 Å². The summed E-state index contributed by atoms with van der Waals surface area (Å²) in [4.78, 5) is 0.737. The van der Waals surface area contributed by atoms with E-state index < -0.39 is 0 Å². The summed E-state index contributed by atoms with van der Waals surface area (Å²) in [5, 5.41) is 0. The van der Waals surface area contributed by atoms with Crippen molar-refractivity contribution in [2.45, 2.75) is 69.0 Å². The van der Waals surface area contributed by atoms with Crippen molar-refractivity contribution >= 4 is 15.9 Å². The molecule has 0 spiro atoms. The summed E-state index contributed by atoms with van der Waals surface area (Å²) < 4.78 is 0. The molecule has 3 rings (SSSR count). The highest BCUT2D eigenvalue weighted by Gasteiger charge is 2.26. The van der Waals surface area contributed by atoms with Gasteiger partial charge in [0.15, 0.2) is 0 Å². The third kappa shape index (κ3) is 5.20. The van der Waals surface area contributed by atoms with Gasteiger partial charge in [0.05, 0.1) is 0 Å². The second kappa shape index (κ2) is 9.57. The minimum absolute atomic E-state index is 0.737. The molecule has 1 saturated carbocycles. The number of hydrogen-bond donors (Lipinski definition) is 0. The lowest BCUT2D eigenvalue weighted by atomic mass is 9.77. The molecule has 25 heavy (non-hydrogen) atoms. The van der Waals surface area contributed by atoms with Crippen molar-refractivity contribution in [2.75, 3.05) is 0 Å². The molecule has 0 amide bonds. The average molecular weight is 399 g/mol. The van der Waals surface area contributed by atoms with Gasteiger partial charge in [-0.3, -0.25) is 0 Å². The van der Waals surface area contributed by atoms with Crippen LogP contribution in [-0.4, -0.2) is 4.83 Å². The first kappa shape index (κ1) is 18.7. The Labute approximate surface area is 162 Å². The molecule has 1 atom stereocenters. The van der Waals surface area contributed by atoms with Gasteiger partial charge in [0.2, 0.25) is 0 Å². The zero-order valence-electron chi connectivity index (χ0n) is 15.5. The predicted octanol–water partition coefficient (Wildman–Crippen LogP) is 7.97. The van der Waals surface area contributed by atoms with E-state index in [1.807, 2.05) is 0 Å². The molecule has 0 N–H and O–H groups in total. The van der Waals surface area contributed by atoms with Gasteiger partial charge in [0.25, 0.3) is 0 Å². The van der Waals surface area contributed by atoms with Crippen molar-refractivity contribution in [1.29, 1.82) is 0 Å². The van der Waals surface area contributed by atoms with Gasteiger partial charge in [-0.1, -0.05) is 96.7 Å². The van der Waals surface area contributed by atoms with Crippen molar-refractivity contribution < 1.29 is 0 Å². The molecule has 1 aliphatic carbocycles. The Kier molecular flexibility index (Phi) is 7.16. The summed E-state index contributed by atoms with van der Waals surface area (Å²) in [6.07, 6.45) is 10.9. The molecule has 0 bridgehead atoms. The SMILES string of the molecule is CCCCCC(Br)C1CCC(c2ccc(-c3ccccc3)cc2)CC1. The van der Waals surface area contributed by atoms with Crippen molar-refractivity contribution in [2.24, 2.45) is 5.92 Å². The molecular weight excluding hydrogens is 368 g/mol. The first-order valence-electron chi connectivity index (χ1n) is 10.1. The van der Waals surface area contributed by atoms with Gasteiger partial charge < -0.3 is 0 Å². The van der Waals surface area contributed by atoms with Crippen LogP contribution in [-0.2, 0) is 0 Å². The third-order valence-electron chi connectivity index (χ3n) is 5.86. The minimum Gasteiger partial charge on any atom is -0.0888 e. The van der Waals surface area contributed by atoms with Gasteiger partial charge in [0.1, 0.15) is 0 Å². The lowest BCUT2D eigenvalue weighted by Crippen LogP contribution is -2.21. The monoisotopic (exact) mass is 398 g/mol. The number of unbranched alkanes of at least 4 members (excludes halogenated alkanes) is 2. The molecule has 2 aromatic rings. The quantitative estimate of drug-likeness (QED) is 0.327. The number of halogens is 1. The molecule has 0 radical (unpaired) electrons. The van der Waals surface area contributed by atoms with Crippen LogP contribution >= 0.6 is 15.9 Å². The smallest absolute Gasteiger partial charge is 0.0174 e. The van der Waals surface area contributed by atoms with Gasteiger partial charge in [-0.05, 0) is 60.6 Å². The van der Waals surface area contributed by atoms with Crippen LogP contribution in [0.15, 0.2) is 54.6 Å². The molecule has 1 aliphatic rings. The number of rotatable bonds is 7. The van der Waals surface area contributed by atoms with Crippen LogP contribution in [0.5, 0.6) is 0 Å². The molecule has 1 unspecified atom stereocenters. The topological polar surface area (TPSA) is 0 Å². The van der Waals surface area contributed by atoms with E-state index in [2.05, 4.69) is 77.5 Å². The summed E-state index contributed by atoms with van der Waals surface area (Å²) in [5.41, 5.74) is 4.18. The molecule has 134 valence electrons. The third-order valence-corrected chi connectivity index (χ3v) is 7.06. The second-order valence-corrected chi connectivity index (χ2v) is 8.79. The fraction of sp³-hybridized carbons (Fsp3) is 0.500. The highest BCUT2D eigenvalue weighted by atomic mass is 79.9. The van der Waals surface area contributed by atoms with Crippen molar-refractivity contribution in [3.8, 4) is 11.1 Å². The Morgan fingerprint density at radius 3 is 2.12 bits per heavy atom. The van der Waals surface area contributed by atoms with Crippen LogP contribution < -0.4 is 0 Å². The molecule has 0 saturated heterocycles. The summed E-state index contributed by atoms with van der Waals surface area (Å²) in [6, 6.07) is 20.0. The van der Waals surface area contributed by atoms with Gasteiger partial charge in [0, 0.05) is 4.83 Å². The molecule has 0 heterocycles. The van der Waals surface area contributed by atoms with E-state index in [4.69, 9.17) is 0 Å². The fourth-order valence-electron chi connectivity index (χ4n) is 4.22. The van der Waals surface area contributed by atoms with Crippen LogP contribution in [0.25, 0.3) is 11.1 Å². The van der Waals surface area contributed by atoms with Crippen LogP contribution in [0.1, 0.15) is 69.8 Å². The number of alkyl halides is 1. The molecule has 1 heteroatoms. The van der Waals surface area contributed by atoms with Crippen molar-refractivity contribution in [3.63, 3.8) is 0 Å². The normalized spacial score (nSPS) is 21.8. The lowest BCUT2D eigenvalue weighted by molar-refractivity contribution is 0.312. The van der Waals surface area contributed by atoms with Crippen LogP contribution in [0.2, 0.25) is 0 Å². The van der Waals surface area contributed by atoms with Crippen molar-refractivity contribution in [1.82, 2.24) is 0 Å². The van der Waals surface area contributed by atoms with Crippen LogP contribution in [0.4, 0.5) is 0 Å². The van der Waals surface area contributed by atoms with E-state index in [9.17, 15) is 0 Å². The first-order valence-corrected chi connectivity index (χ1v) is 11.0. The Bertz CT molecular complexity index is 608. The maximum atomic E-state index is 3.98. The van der Waals surface area contributed by atoms with E-state index in [0.29, 0.717) is 0 Å². The van der Waals surface area contributed by atoms with E-state index in [1.165, 1.54) is 68.1 Å². The average Bonchev–Trinajstić information content (AvgIpc) is 2.69. The second-order valence-electron chi connectivity index (χ2n) is 7.61. The lowest BCUT2D eigenvalue weighted by Gasteiger charge is -2.32. The van der Waals surface area contributed by atoms with Crippen molar-refractivity contribution in [3.05, 3.63) is 60.2 Å². The van der Waals surface area contributed by atoms with Gasteiger partial charge in [-0.25, -0.2) is 0 Å². The van der Waals surface area contributed by atoms with E-state index in [1.54, 1.807) is 0 Å². The number of benzene rings is 2. The van der Waals surface area contributed by atoms with Crippen LogP contribution in [0.3, 0.4) is 0 Å². The summed E-state index contributed by atoms with van der Waals surface area (Å²) in [5.74, 6) is 1.65. The Hall–Kier alpha value is -1.08. The Balaban J connectivity index is 1.53. The summed E-state index contributed by atoms with van der Waals surface area (Å²) in [6.45, 7) is 2.29. The standard InChI is InChI=1S/C24H31Br/c1-2-3-5-10-24(25)23-17-15-22(16-18-23)21-13-11-20(12-14-21)19-8-6-4-7-9-19/h4,6-9,11-14,22-24H,2-3,5,10,15-18H2,1H3. The van der Waals surface area contributed by atoms with Gasteiger partial charge in [-0.15, -0.1) is 0 Å². The molecule has 1 fully saturated rings. The molecule has 0 aliphatic heterocycles. The van der Waals surface area contributed by atoms with E-state index in [-0.39, 0.29) is 0 Å². The predicted molar refractivity (Wildman–Crippen MR) is 113 cm³/mol. The summed E-state index contributed by atoms with van der Waals surface area (Å²) in [7, 11) is 0. The zero-order chi connectivity index (χ0) is 17.5. The van der Waals surface area contributed by atoms with Gasteiger partial charge >= 0.3 is 0 Å². The van der Waals surface area contributed by atoms with Crippen LogP contribution in [0, 0.1) is 5.92 Å². The first-order chi connectivity index (χ1) is 12.3. The molecule has 0 aromatic heterocycles. The highest BCUT2D eigenvalue weighted by molar-refractivity contribution is 9.09. The summed E-state index contributed by atoms with van der Waals surface area (Å²) >= 11 is 3.98. The minimum atomic E-state index is 0.737. The number of hydrogen-bond acceptors (Lipinski definition) is 0. The van der Waals surface area contributed by atoms with E-state index >= 15 is 0 Å².